The first-order valence-corrected chi connectivity index (χ1v) is 12.1. The van der Waals surface area contributed by atoms with E-state index in [9.17, 15) is 13.4 Å². The lowest BCUT2D eigenvalue weighted by atomic mass is 9.98. The predicted octanol–water partition coefficient (Wildman–Crippen LogP) is 2.22. The number of rotatable bonds is 4. The molecule has 31 heavy (non-hydrogen) atoms. The molecule has 0 saturated heterocycles. The Balaban J connectivity index is 1.40. The summed E-state index contributed by atoms with van der Waals surface area (Å²) in [6.45, 7) is 0.756. The number of carbonyl (C=O) groups is 1. The number of amides is 2. The van der Waals surface area contributed by atoms with Crippen LogP contribution in [0.25, 0.3) is 0 Å². The summed E-state index contributed by atoms with van der Waals surface area (Å²) in [6, 6.07) is -0.639. The first kappa shape index (κ1) is 20.3. The van der Waals surface area contributed by atoms with Gasteiger partial charge in [-0.05, 0) is 66.6 Å². The highest BCUT2D eigenvalue weighted by atomic mass is 32.2. The van der Waals surface area contributed by atoms with Gasteiger partial charge in [-0.3, -0.25) is 4.72 Å². The van der Waals surface area contributed by atoms with E-state index >= 15 is 0 Å². The molecule has 0 radical (unpaired) electrons. The van der Waals surface area contributed by atoms with Gasteiger partial charge in [0.05, 0.1) is 22.4 Å². The van der Waals surface area contributed by atoms with Crippen LogP contribution >= 0.6 is 0 Å². The number of methoxy groups -OCH3 is 1. The fourth-order valence-corrected chi connectivity index (χ4v) is 5.93. The second-order valence-corrected chi connectivity index (χ2v) is 10.2. The number of nitrogens with zero attached hydrogens (tertiary/aromatic N) is 2. The molecule has 2 heterocycles. The Bertz CT molecular complexity index is 1140. The number of urea groups is 1. The second-order valence-electron chi connectivity index (χ2n) is 8.21. The lowest BCUT2D eigenvalue weighted by molar-refractivity contribution is 0.0165. The maximum Gasteiger partial charge on any atom is 0.330 e. The van der Waals surface area contributed by atoms with Crippen molar-refractivity contribution in [2.75, 3.05) is 19.0 Å². The molecule has 5 rings (SSSR count). The molecule has 2 aliphatic carbocycles. The third-order valence-corrected chi connectivity index (χ3v) is 7.80. The molecule has 2 N–H and O–H groups in total. The third-order valence-electron chi connectivity index (χ3n) is 6.30. The van der Waals surface area contributed by atoms with E-state index in [-0.39, 0.29) is 16.8 Å². The molecule has 2 aromatic rings. The zero-order valence-electron chi connectivity index (χ0n) is 17.3. The van der Waals surface area contributed by atoms with E-state index in [1.807, 2.05) is 0 Å². The Kier molecular flexibility index (Phi) is 4.93. The van der Waals surface area contributed by atoms with Gasteiger partial charge in [0.1, 0.15) is 23.4 Å². The van der Waals surface area contributed by atoms with Gasteiger partial charge in [-0.15, -0.1) is 0 Å². The maximum atomic E-state index is 14.8. The van der Waals surface area contributed by atoms with E-state index < -0.39 is 15.7 Å². The quantitative estimate of drug-likeness (QED) is 0.700. The van der Waals surface area contributed by atoms with E-state index in [1.54, 1.807) is 11.8 Å². The Morgan fingerprint density at radius 1 is 1.26 bits per heavy atom. The van der Waals surface area contributed by atoms with E-state index in [4.69, 9.17) is 9.47 Å². The molecule has 8 nitrogen and oxygen atoms in total. The second kappa shape index (κ2) is 7.52. The molecular weight excluding hydrogens is 423 g/mol. The van der Waals surface area contributed by atoms with Gasteiger partial charge in [-0.25, -0.2) is 18.1 Å². The molecule has 1 aromatic carbocycles. The van der Waals surface area contributed by atoms with E-state index in [0.29, 0.717) is 48.7 Å². The molecule has 1 aromatic heterocycles. The summed E-state index contributed by atoms with van der Waals surface area (Å²) >= 11 is 0. The molecule has 1 aliphatic heterocycles. The van der Waals surface area contributed by atoms with Crippen LogP contribution in [0.15, 0.2) is 11.1 Å². The van der Waals surface area contributed by atoms with E-state index in [1.165, 1.54) is 6.20 Å². The Morgan fingerprint density at radius 3 is 2.55 bits per heavy atom. The standard InChI is InChI=1S/C21H25FN4O4S/c1-29-12-10-26-20(30-11-12)17(9-23-26)31(2,28)25-21(27)24-19-15-7-3-5-13(15)18(22)14-6-4-8-16(14)19/h9,12H,2-8,10-11H2,1H3,(H2,24,25,27,28)/t12-,31?/m0/s1. The monoisotopic (exact) mass is 448 g/mol. The van der Waals surface area contributed by atoms with Crippen molar-refractivity contribution in [1.29, 1.82) is 0 Å². The fourth-order valence-electron chi connectivity index (χ4n) is 4.80. The minimum absolute atomic E-state index is 0.107. The van der Waals surface area contributed by atoms with Gasteiger partial charge in [-0.2, -0.15) is 5.10 Å². The minimum atomic E-state index is -3.22. The van der Waals surface area contributed by atoms with Crippen molar-refractivity contribution < 1.29 is 22.9 Å². The van der Waals surface area contributed by atoms with Gasteiger partial charge in [-0.1, -0.05) is 0 Å². The number of benzene rings is 1. The molecule has 1 unspecified atom stereocenters. The Hall–Kier alpha value is -2.59. The molecule has 2 atom stereocenters. The molecule has 10 heteroatoms. The van der Waals surface area contributed by atoms with Crippen LogP contribution in [0.4, 0.5) is 14.9 Å². The van der Waals surface area contributed by atoms with Crippen LogP contribution in [0.2, 0.25) is 0 Å². The number of anilines is 1. The van der Waals surface area contributed by atoms with Crippen LogP contribution in [-0.2, 0) is 46.7 Å². The summed E-state index contributed by atoms with van der Waals surface area (Å²) in [6.07, 6.45) is 5.77. The SMILES string of the molecule is C=S(=O)(NC(=O)Nc1c2c(c(F)c3c1CCC3)CCC2)c1cnn2c1OC[C@@H](OC)C2. The van der Waals surface area contributed by atoms with Crippen molar-refractivity contribution in [2.24, 2.45) is 0 Å². The van der Waals surface area contributed by atoms with Crippen LogP contribution < -0.4 is 14.8 Å². The van der Waals surface area contributed by atoms with E-state index in [2.05, 4.69) is 21.0 Å². The summed E-state index contributed by atoms with van der Waals surface area (Å²) in [5.74, 6) is 3.94. The summed E-state index contributed by atoms with van der Waals surface area (Å²) < 4.78 is 43.1. The van der Waals surface area contributed by atoms with Crippen LogP contribution in [-0.4, -0.2) is 45.7 Å². The number of halogens is 1. The van der Waals surface area contributed by atoms with Crippen molar-refractivity contribution in [3.05, 3.63) is 34.3 Å². The van der Waals surface area contributed by atoms with Crippen LogP contribution in [0.3, 0.4) is 0 Å². The number of fused-ring (bicyclic) bond motifs is 3. The lowest BCUT2D eigenvalue weighted by Gasteiger charge is -2.24. The molecule has 2 amide bonds. The average molecular weight is 449 g/mol. The van der Waals surface area contributed by atoms with Crippen molar-refractivity contribution in [3.8, 4) is 5.88 Å². The number of aromatic nitrogens is 2. The molecule has 0 fully saturated rings. The van der Waals surface area contributed by atoms with E-state index in [0.717, 1.165) is 36.8 Å². The van der Waals surface area contributed by atoms with Gasteiger partial charge >= 0.3 is 6.03 Å². The number of carbonyl (C=O) groups excluding carboxylic acids is 1. The first-order valence-electron chi connectivity index (χ1n) is 10.4. The average Bonchev–Trinajstić information content (AvgIpc) is 3.49. The number of nitrogens with one attached hydrogen (secondary N) is 2. The number of hydrogen-bond acceptors (Lipinski definition) is 5. The summed E-state index contributed by atoms with van der Waals surface area (Å²) in [7, 11) is -1.64. The van der Waals surface area contributed by atoms with Crippen LogP contribution in [0.1, 0.15) is 35.1 Å². The van der Waals surface area contributed by atoms with Gasteiger partial charge in [0, 0.05) is 12.8 Å². The van der Waals surface area contributed by atoms with Crippen molar-refractivity contribution in [3.63, 3.8) is 0 Å². The largest absolute Gasteiger partial charge is 0.474 e. The minimum Gasteiger partial charge on any atom is -0.474 e. The zero-order chi connectivity index (χ0) is 21.8. The van der Waals surface area contributed by atoms with Crippen molar-refractivity contribution in [1.82, 2.24) is 14.5 Å². The van der Waals surface area contributed by atoms with Crippen molar-refractivity contribution in [2.45, 2.75) is 56.1 Å². The van der Waals surface area contributed by atoms with Gasteiger partial charge in [0.25, 0.3) is 0 Å². The predicted molar refractivity (Wildman–Crippen MR) is 115 cm³/mol. The fraction of sp³-hybridized carbons (Fsp3) is 0.476. The number of hydrogen-bond donors (Lipinski definition) is 2. The summed E-state index contributed by atoms with van der Waals surface area (Å²) in [5, 5.41) is 7.06. The molecule has 0 spiro atoms. The van der Waals surface area contributed by atoms with Gasteiger partial charge in [0.2, 0.25) is 5.88 Å². The molecular formula is C21H25FN4O4S. The normalized spacial score (nSPS) is 20.9. The van der Waals surface area contributed by atoms with Crippen LogP contribution in [0, 0.1) is 5.82 Å². The Labute approximate surface area is 180 Å². The smallest absolute Gasteiger partial charge is 0.330 e. The highest BCUT2D eigenvalue weighted by molar-refractivity contribution is 7.99. The Morgan fingerprint density at radius 2 is 1.90 bits per heavy atom. The highest BCUT2D eigenvalue weighted by Gasteiger charge is 2.31. The lowest BCUT2D eigenvalue weighted by Crippen LogP contribution is -2.36. The third kappa shape index (κ3) is 3.38. The molecule has 0 saturated carbocycles. The summed E-state index contributed by atoms with van der Waals surface area (Å²) in [5.41, 5.74) is 3.81. The first-order chi connectivity index (χ1) is 14.9. The van der Waals surface area contributed by atoms with Gasteiger partial charge in [0.15, 0.2) is 0 Å². The molecule has 166 valence electrons. The van der Waals surface area contributed by atoms with Crippen LogP contribution in [0.5, 0.6) is 5.88 Å². The summed E-state index contributed by atoms with van der Waals surface area (Å²) in [4.78, 5) is 13.1. The molecule has 3 aliphatic rings. The van der Waals surface area contributed by atoms with Crippen molar-refractivity contribution >= 4 is 27.3 Å². The topological polar surface area (TPSA) is 94.5 Å². The van der Waals surface area contributed by atoms with Gasteiger partial charge < -0.3 is 14.8 Å². The highest BCUT2D eigenvalue weighted by Crippen LogP contribution is 2.41. The zero-order valence-corrected chi connectivity index (χ0v) is 18.1. The molecule has 0 bridgehead atoms. The number of ether oxygens (including phenoxy) is 2. The maximum absolute atomic E-state index is 14.8.